The fourth-order valence-electron chi connectivity index (χ4n) is 1.75. The molecule has 3 nitrogen and oxygen atoms in total. The summed E-state index contributed by atoms with van der Waals surface area (Å²) in [6, 6.07) is 10.2. The number of aryl methyl sites for hydroxylation is 1. The van der Waals surface area contributed by atoms with Crippen LogP contribution < -0.4 is 5.32 Å². The Morgan fingerprint density at radius 3 is 2.70 bits per heavy atom. The van der Waals surface area contributed by atoms with Gasteiger partial charge in [0.25, 0.3) is 0 Å². The minimum Gasteiger partial charge on any atom is -0.325 e. The predicted octanol–water partition coefficient (Wildman–Crippen LogP) is 4.00. The van der Waals surface area contributed by atoms with E-state index in [1.807, 2.05) is 12.1 Å². The number of benzene rings is 1. The van der Waals surface area contributed by atoms with Crippen LogP contribution in [0.1, 0.15) is 38.2 Å². The molecule has 0 unspecified atom stereocenters. The van der Waals surface area contributed by atoms with Crippen LogP contribution in [-0.2, 0) is 11.2 Å². The number of anilines is 1. The van der Waals surface area contributed by atoms with Gasteiger partial charge in [-0.3, -0.25) is 4.79 Å². The van der Waals surface area contributed by atoms with Crippen molar-refractivity contribution in [3.63, 3.8) is 0 Å². The molecule has 0 heterocycles. The lowest BCUT2D eigenvalue weighted by Crippen LogP contribution is -2.14. The van der Waals surface area contributed by atoms with Crippen LogP contribution in [0.5, 0.6) is 0 Å². The lowest BCUT2D eigenvalue weighted by molar-refractivity contribution is -0.113. The van der Waals surface area contributed by atoms with E-state index >= 15 is 0 Å². The minimum atomic E-state index is 0.0215. The highest BCUT2D eigenvalue weighted by atomic mass is 32.2. The Labute approximate surface area is 125 Å². The molecule has 1 rings (SSSR count). The number of rotatable bonds is 9. The quantitative estimate of drug-likeness (QED) is 0.699. The number of carbonyl (C=O) groups excluding carboxylic acids is 1. The van der Waals surface area contributed by atoms with Crippen molar-refractivity contribution in [2.24, 2.45) is 0 Å². The molecule has 4 heteroatoms. The lowest BCUT2D eigenvalue weighted by Gasteiger charge is -2.06. The summed E-state index contributed by atoms with van der Waals surface area (Å²) < 4.78 is 0. The summed E-state index contributed by atoms with van der Waals surface area (Å²) in [4.78, 5) is 11.7. The third-order valence-electron chi connectivity index (χ3n) is 2.87. The number of nitrogens with one attached hydrogen (secondary N) is 1. The summed E-state index contributed by atoms with van der Waals surface area (Å²) in [5.41, 5.74) is 2.17. The van der Waals surface area contributed by atoms with Crippen LogP contribution in [0.4, 0.5) is 5.69 Å². The van der Waals surface area contributed by atoms with Crippen molar-refractivity contribution in [2.75, 3.05) is 16.8 Å². The normalized spacial score (nSPS) is 10.0. The molecular formula is C16H22N2OS. The number of unbranched alkanes of at least 4 members (excludes halogenated alkanes) is 2. The summed E-state index contributed by atoms with van der Waals surface area (Å²) in [6.07, 6.45) is 4.90. The van der Waals surface area contributed by atoms with E-state index in [-0.39, 0.29) is 5.91 Å². The van der Waals surface area contributed by atoms with Crippen molar-refractivity contribution >= 4 is 23.4 Å². The van der Waals surface area contributed by atoms with Gasteiger partial charge in [-0.25, -0.2) is 0 Å². The maximum Gasteiger partial charge on any atom is 0.234 e. The van der Waals surface area contributed by atoms with Gasteiger partial charge < -0.3 is 5.32 Å². The lowest BCUT2D eigenvalue weighted by atomic mass is 10.1. The Morgan fingerprint density at radius 1 is 1.30 bits per heavy atom. The highest BCUT2D eigenvalue weighted by Crippen LogP contribution is 2.12. The summed E-state index contributed by atoms with van der Waals surface area (Å²) in [7, 11) is 0. The van der Waals surface area contributed by atoms with Crippen LogP contribution in [0.15, 0.2) is 24.3 Å². The van der Waals surface area contributed by atoms with Crippen molar-refractivity contribution in [3.05, 3.63) is 29.8 Å². The molecule has 1 aromatic rings. The molecule has 0 fully saturated rings. The van der Waals surface area contributed by atoms with E-state index in [1.165, 1.54) is 18.4 Å². The van der Waals surface area contributed by atoms with Gasteiger partial charge in [0.1, 0.15) is 0 Å². The van der Waals surface area contributed by atoms with Crippen molar-refractivity contribution in [1.82, 2.24) is 0 Å². The molecular weight excluding hydrogens is 268 g/mol. The monoisotopic (exact) mass is 290 g/mol. The molecule has 0 bridgehead atoms. The number of hydrogen-bond acceptors (Lipinski definition) is 3. The Bertz CT molecular complexity index is 437. The molecule has 0 saturated heterocycles. The first kappa shape index (κ1) is 16.6. The smallest absolute Gasteiger partial charge is 0.234 e. The molecule has 0 aliphatic carbocycles. The van der Waals surface area contributed by atoms with Crippen LogP contribution in [0.25, 0.3) is 0 Å². The van der Waals surface area contributed by atoms with Crippen molar-refractivity contribution in [1.29, 1.82) is 5.26 Å². The van der Waals surface area contributed by atoms with Gasteiger partial charge in [0.05, 0.1) is 11.8 Å². The molecule has 0 atom stereocenters. The SMILES string of the molecule is CCCCc1ccc(NC(=O)CSCCCC#N)cc1. The van der Waals surface area contributed by atoms with Crippen LogP contribution in [0, 0.1) is 11.3 Å². The van der Waals surface area contributed by atoms with E-state index < -0.39 is 0 Å². The van der Waals surface area contributed by atoms with Crippen molar-refractivity contribution in [3.8, 4) is 6.07 Å². The molecule has 1 amide bonds. The fourth-order valence-corrected chi connectivity index (χ4v) is 2.50. The number of thioether (sulfide) groups is 1. The average Bonchev–Trinajstić information content (AvgIpc) is 2.46. The molecule has 0 saturated carbocycles. The van der Waals surface area contributed by atoms with Gasteiger partial charge in [-0.15, -0.1) is 0 Å². The number of amides is 1. The van der Waals surface area contributed by atoms with E-state index in [0.717, 1.165) is 24.3 Å². The standard InChI is InChI=1S/C16H22N2OS/c1-2-3-6-14-7-9-15(10-8-14)18-16(19)13-20-12-5-4-11-17/h7-10H,2-6,12-13H2,1H3,(H,18,19). The third kappa shape index (κ3) is 7.20. The van der Waals surface area contributed by atoms with E-state index in [0.29, 0.717) is 12.2 Å². The third-order valence-corrected chi connectivity index (χ3v) is 3.91. The van der Waals surface area contributed by atoms with Gasteiger partial charge in [-0.2, -0.15) is 17.0 Å². The summed E-state index contributed by atoms with van der Waals surface area (Å²) in [5, 5.41) is 11.3. The second-order valence-electron chi connectivity index (χ2n) is 4.66. The Hall–Kier alpha value is -1.47. The van der Waals surface area contributed by atoms with E-state index in [4.69, 9.17) is 5.26 Å². The zero-order valence-corrected chi connectivity index (χ0v) is 12.8. The second kappa shape index (κ2) is 10.3. The van der Waals surface area contributed by atoms with Gasteiger partial charge in [-0.1, -0.05) is 25.5 Å². The maximum absolute atomic E-state index is 11.7. The summed E-state index contributed by atoms with van der Waals surface area (Å²) in [5.74, 6) is 1.33. The van der Waals surface area contributed by atoms with E-state index in [9.17, 15) is 4.79 Å². The Balaban J connectivity index is 2.26. The van der Waals surface area contributed by atoms with E-state index in [1.54, 1.807) is 11.8 Å². The average molecular weight is 290 g/mol. The highest BCUT2D eigenvalue weighted by Gasteiger charge is 2.02. The van der Waals surface area contributed by atoms with Gasteiger partial charge in [0.15, 0.2) is 0 Å². The second-order valence-corrected chi connectivity index (χ2v) is 5.77. The first-order chi connectivity index (χ1) is 9.76. The molecule has 108 valence electrons. The van der Waals surface area contributed by atoms with Crippen LogP contribution in [-0.4, -0.2) is 17.4 Å². The molecule has 20 heavy (non-hydrogen) atoms. The molecule has 0 radical (unpaired) electrons. The number of nitrogens with zero attached hydrogens (tertiary/aromatic N) is 1. The fraction of sp³-hybridized carbons (Fsp3) is 0.500. The summed E-state index contributed by atoms with van der Waals surface area (Å²) >= 11 is 1.57. The molecule has 0 aliphatic heterocycles. The molecule has 1 N–H and O–H groups in total. The summed E-state index contributed by atoms with van der Waals surface area (Å²) in [6.45, 7) is 2.18. The van der Waals surface area contributed by atoms with Crippen LogP contribution >= 0.6 is 11.8 Å². The number of carbonyl (C=O) groups is 1. The van der Waals surface area contributed by atoms with Crippen molar-refractivity contribution < 1.29 is 4.79 Å². The molecule has 0 aliphatic rings. The van der Waals surface area contributed by atoms with Gasteiger partial charge in [0.2, 0.25) is 5.91 Å². The van der Waals surface area contributed by atoms with Crippen LogP contribution in [0.3, 0.4) is 0 Å². The topological polar surface area (TPSA) is 52.9 Å². The van der Waals surface area contributed by atoms with Gasteiger partial charge >= 0.3 is 0 Å². The predicted molar refractivity (Wildman–Crippen MR) is 85.9 cm³/mol. The number of nitriles is 1. The first-order valence-corrected chi connectivity index (χ1v) is 8.25. The minimum absolute atomic E-state index is 0.0215. The molecule has 1 aromatic carbocycles. The van der Waals surface area contributed by atoms with Gasteiger partial charge in [-0.05, 0) is 42.7 Å². The largest absolute Gasteiger partial charge is 0.325 e. The number of hydrogen-bond donors (Lipinski definition) is 1. The Kier molecular flexibility index (Phi) is 8.57. The zero-order chi connectivity index (χ0) is 14.6. The molecule has 0 spiro atoms. The van der Waals surface area contributed by atoms with Crippen molar-refractivity contribution in [2.45, 2.75) is 39.0 Å². The van der Waals surface area contributed by atoms with Crippen LogP contribution in [0.2, 0.25) is 0 Å². The first-order valence-electron chi connectivity index (χ1n) is 7.09. The van der Waals surface area contributed by atoms with E-state index in [2.05, 4.69) is 30.4 Å². The molecule has 0 aromatic heterocycles. The Morgan fingerprint density at radius 2 is 2.05 bits per heavy atom. The highest BCUT2D eigenvalue weighted by molar-refractivity contribution is 7.99. The maximum atomic E-state index is 11.7. The van der Waals surface area contributed by atoms with Gasteiger partial charge in [0, 0.05) is 12.1 Å². The zero-order valence-electron chi connectivity index (χ0n) is 12.0.